The van der Waals surface area contributed by atoms with Gasteiger partial charge in [-0.15, -0.1) is 0 Å². The first-order valence-electron chi connectivity index (χ1n) is 34.2. The number of rotatable bonds is 10. The van der Waals surface area contributed by atoms with E-state index in [1.54, 1.807) is 39.5 Å². The van der Waals surface area contributed by atoms with Gasteiger partial charge >= 0.3 is 6.18 Å². The fourth-order valence-corrected chi connectivity index (χ4v) is 13.5. The van der Waals surface area contributed by atoms with Crippen LogP contribution in [-0.4, -0.2) is 243 Å². The van der Waals surface area contributed by atoms with Crippen LogP contribution in [0.5, 0.6) is 0 Å². The van der Waals surface area contributed by atoms with Gasteiger partial charge in [-0.25, -0.2) is 0 Å². The number of aliphatic hydroxyl groups excluding tert-OH is 2. The summed E-state index contributed by atoms with van der Waals surface area (Å²) < 4.78 is 44.7. The van der Waals surface area contributed by atoms with E-state index < -0.39 is 180 Å². The lowest BCUT2D eigenvalue weighted by Crippen LogP contribution is -2.63. The number of fused-ring (bicyclic) bond motifs is 6. The lowest BCUT2D eigenvalue weighted by atomic mass is 9.85. The third-order valence-corrected chi connectivity index (χ3v) is 19.9. The molecule has 0 radical (unpaired) electrons. The van der Waals surface area contributed by atoms with Gasteiger partial charge in [0, 0.05) is 66.7 Å². The second kappa shape index (κ2) is 34.5. The molecule has 4 heterocycles. The van der Waals surface area contributed by atoms with E-state index in [4.69, 9.17) is 0 Å². The van der Waals surface area contributed by atoms with Crippen molar-refractivity contribution in [3.63, 3.8) is 0 Å². The molecule has 11 amide bonds. The first-order chi connectivity index (χ1) is 44.7. The van der Waals surface area contributed by atoms with Crippen molar-refractivity contribution in [3.05, 3.63) is 34.9 Å². The molecule has 1 aromatic carbocycles. The van der Waals surface area contributed by atoms with Crippen LogP contribution in [0.1, 0.15) is 176 Å². The monoisotopic (exact) mass is 1360 g/mol. The van der Waals surface area contributed by atoms with Gasteiger partial charge in [-0.05, 0) is 132 Å². The molecule has 0 spiro atoms. The predicted molar refractivity (Wildman–Crippen MR) is 352 cm³/mol. The molecule has 0 saturated carbocycles. The van der Waals surface area contributed by atoms with Gasteiger partial charge in [0.25, 0.3) is 0 Å². The van der Waals surface area contributed by atoms with E-state index in [1.165, 1.54) is 84.9 Å². The molecule has 1 aromatic rings. The Morgan fingerprint density at radius 3 is 1.78 bits per heavy atom. The van der Waals surface area contributed by atoms with Gasteiger partial charge in [0.05, 0.1) is 23.8 Å². The SMILES string of the molecule is CC[C@H](C)[C@@H]1NC(=O)[C@H](C(C)C)N(C)C(=O)[C@H](C)N(C)C(=O)[C@H]([C@@H](C)O)NC(=O)[C@H](CC(C)C)N(C)C(O)[C@@H]2Cc3ccc(C(F)(F)F)c(c3)C(C)C[C@@H](C(=O)N2)N(C)C(=O)[C@@H](C)N(C)C(=O)C[C@@H](CC(=O)N2CCCCC2)NC(=O)[C@H](CC(C)C)NC(=O)[C@@H]2CCCN2C1=O. The Kier molecular flexibility index (Phi) is 28.7. The summed E-state index contributed by atoms with van der Waals surface area (Å²) in [4.78, 5) is 170. The number of alkyl halides is 3. The van der Waals surface area contributed by atoms with Crippen LogP contribution in [0.25, 0.3) is 0 Å². The number of hydrogen-bond donors (Lipinski definition) is 7. The molecule has 28 heteroatoms. The van der Waals surface area contributed by atoms with Crippen molar-refractivity contribution >= 4 is 65.0 Å². The van der Waals surface area contributed by atoms with Crippen LogP contribution in [0.4, 0.5) is 13.2 Å². The van der Waals surface area contributed by atoms with Gasteiger partial charge in [-0.2, -0.15) is 13.2 Å². The second-order valence-corrected chi connectivity index (χ2v) is 28.5. The number of nitrogens with one attached hydrogen (secondary N) is 5. The summed E-state index contributed by atoms with van der Waals surface area (Å²) in [5.41, 5.74) is -0.923. The van der Waals surface area contributed by atoms with Crippen molar-refractivity contribution < 1.29 is 76.1 Å². The van der Waals surface area contributed by atoms with Crippen LogP contribution in [0.15, 0.2) is 18.2 Å². The lowest BCUT2D eigenvalue weighted by molar-refractivity contribution is -0.151. The lowest BCUT2D eigenvalue weighted by Gasteiger charge is -2.40. The molecule has 4 bridgehead atoms. The summed E-state index contributed by atoms with van der Waals surface area (Å²) in [5.74, 6) is -10.7. The fourth-order valence-electron chi connectivity index (χ4n) is 13.5. The van der Waals surface area contributed by atoms with E-state index in [1.807, 2.05) is 20.8 Å². The number of likely N-dealkylation sites (tertiary alicyclic amines) is 1. The van der Waals surface area contributed by atoms with Gasteiger partial charge in [-0.3, -0.25) is 57.6 Å². The number of halogens is 3. The number of piperidine rings is 1. The molecule has 15 atom stereocenters. The van der Waals surface area contributed by atoms with Gasteiger partial charge in [0.15, 0.2) is 0 Å². The van der Waals surface area contributed by atoms with Gasteiger partial charge < -0.3 is 66.2 Å². The number of carbonyl (C=O) groups is 11. The number of carbonyl (C=O) groups excluding carboxylic acids is 11. The molecule has 5 rings (SSSR count). The van der Waals surface area contributed by atoms with Gasteiger partial charge in [0.1, 0.15) is 54.6 Å². The Balaban J connectivity index is 1.66. The molecule has 2 unspecified atom stereocenters. The van der Waals surface area contributed by atoms with Crippen molar-refractivity contribution in [1.29, 1.82) is 0 Å². The summed E-state index contributed by atoms with van der Waals surface area (Å²) in [7, 11) is 6.59. The number of amides is 11. The summed E-state index contributed by atoms with van der Waals surface area (Å²) in [5, 5.41) is 37.8. The maximum atomic E-state index is 15.0. The zero-order valence-electron chi connectivity index (χ0n) is 59.4. The maximum absolute atomic E-state index is 15.0. The van der Waals surface area contributed by atoms with Crippen LogP contribution in [-0.2, 0) is 65.3 Å². The average Bonchev–Trinajstić information content (AvgIpc) is 0.900. The number of benzene rings is 1. The van der Waals surface area contributed by atoms with Crippen LogP contribution in [0.3, 0.4) is 0 Å². The van der Waals surface area contributed by atoms with E-state index in [-0.39, 0.29) is 67.5 Å². The molecule has 96 heavy (non-hydrogen) atoms. The smallest absolute Gasteiger partial charge is 0.391 e. The second-order valence-electron chi connectivity index (χ2n) is 28.5. The minimum absolute atomic E-state index is 0.00115. The van der Waals surface area contributed by atoms with Gasteiger partial charge in [0.2, 0.25) is 65.0 Å². The van der Waals surface area contributed by atoms with Crippen molar-refractivity contribution in [1.82, 2.24) is 60.9 Å². The van der Waals surface area contributed by atoms with E-state index >= 15 is 4.79 Å². The molecule has 7 N–H and O–H groups in total. The molecule has 3 fully saturated rings. The minimum Gasteiger partial charge on any atom is -0.391 e. The Bertz CT molecular complexity index is 2950. The summed E-state index contributed by atoms with van der Waals surface area (Å²) in [6.07, 6.45) is -6.43. The minimum atomic E-state index is -4.86. The van der Waals surface area contributed by atoms with Gasteiger partial charge in [-0.1, -0.05) is 80.9 Å². The van der Waals surface area contributed by atoms with Crippen LogP contribution < -0.4 is 26.6 Å². The first-order valence-corrected chi connectivity index (χ1v) is 34.2. The molecule has 25 nitrogen and oxygen atoms in total. The number of hydrogen-bond acceptors (Lipinski definition) is 14. The third-order valence-electron chi connectivity index (χ3n) is 19.9. The Morgan fingerprint density at radius 1 is 0.625 bits per heavy atom. The Hall–Kier alpha value is -6.94. The van der Waals surface area contributed by atoms with E-state index in [9.17, 15) is 71.3 Å². The number of nitrogens with zero attached hydrogens (tertiary/aromatic N) is 7. The largest absolute Gasteiger partial charge is 0.416 e. The first kappa shape index (κ1) is 79.7. The van der Waals surface area contributed by atoms with Crippen molar-refractivity contribution in [2.75, 3.05) is 54.9 Å². The fraction of sp³-hybridized carbons (Fsp3) is 0.750. The molecule has 3 saturated heterocycles. The van der Waals surface area contributed by atoms with Crippen LogP contribution in [0.2, 0.25) is 0 Å². The van der Waals surface area contributed by atoms with Crippen LogP contribution in [0, 0.1) is 23.7 Å². The maximum Gasteiger partial charge on any atom is 0.416 e. The van der Waals surface area contributed by atoms with Crippen molar-refractivity contribution in [3.8, 4) is 0 Å². The van der Waals surface area contributed by atoms with E-state index in [0.717, 1.165) is 44.9 Å². The number of aliphatic hydroxyl groups is 2. The van der Waals surface area contributed by atoms with E-state index in [0.29, 0.717) is 25.9 Å². The third kappa shape index (κ3) is 19.9. The zero-order valence-corrected chi connectivity index (χ0v) is 59.4. The standard InChI is InChI=1S/C68H109F3N12O13/c1-18-39(8)55-67(96)83-28-22-23-50(83)59(88)73-48(29-36(2)3)58(87)72-45(35-54(86)82-26-20-19-21-27-82)34-53(85)77(13)41(10)63(92)79(15)52-31-40(9)46-32-44(24-25-47(46)68(69,70)71)33-49(74-60(52)89)65(94)80(16)51(30-37(4)5)61(90)76-56(43(12)84)66(95)78(14)42(11)64(93)81(17)57(38(6)7)62(91)75-55/h24-25,32,36-43,45,48-52,55-57,65,84,94H,18-23,26-31,33-35H2,1-17H3,(H,72,87)(H,73,88)(H,74,89)(H,75,91)(H,76,90)/t39-,40?,41+,42-,43+,45-,48-,49-,50-,51-,52-,55-,56-,57-,65?/m0/s1. The summed E-state index contributed by atoms with van der Waals surface area (Å²) in [6.45, 7) is 20.7. The Morgan fingerprint density at radius 2 is 1.21 bits per heavy atom. The molecule has 540 valence electrons. The summed E-state index contributed by atoms with van der Waals surface area (Å²) in [6, 6.07) is -11.3. The number of likely N-dealkylation sites (N-methyl/N-ethyl adjacent to an activating group) is 5. The molecule has 4 aliphatic heterocycles. The highest BCUT2D eigenvalue weighted by Gasteiger charge is 2.46. The molecule has 0 aromatic heterocycles. The highest BCUT2D eigenvalue weighted by atomic mass is 19.4. The highest BCUT2D eigenvalue weighted by molar-refractivity contribution is 5.98. The predicted octanol–water partition coefficient (Wildman–Crippen LogP) is 3.12. The van der Waals surface area contributed by atoms with Crippen molar-refractivity contribution in [2.45, 2.75) is 251 Å². The quantitative estimate of drug-likeness (QED) is 0.177. The zero-order chi connectivity index (χ0) is 72.3. The normalized spacial score (nSPS) is 29.7. The summed E-state index contributed by atoms with van der Waals surface area (Å²) >= 11 is 0. The molecule has 4 aliphatic rings. The van der Waals surface area contributed by atoms with E-state index in [2.05, 4.69) is 26.6 Å². The Labute approximate surface area is 564 Å². The molecule has 0 aliphatic carbocycles. The van der Waals surface area contributed by atoms with Crippen LogP contribution >= 0.6 is 0 Å². The topological polar surface area (TPSA) is 311 Å². The molecular weight excluding hydrogens is 1250 g/mol. The van der Waals surface area contributed by atoms with Crippen molar-refractivity contribution in [2.24, 2.45) is 23.7 Å². The highest BCUT2D eigenvalue weighted by Crippen LogP contribution is 2.39. The molecular formula is C68H109F3N12O13. The average molecular weight is 1360 g/mol.